The molecule has 20 heavy (non-hydrogen) atoms. The molecule has 0 saturated carbocycles. The fourth-order valence-electron chi connectivity index (χ4n) is 2.78. The number of hydrogen-bond acceptors (Lipinski definition) is 3. The van der Waals surface area contributed by atoms with Gasteiger partial charge in [-0.3, -0.25) is 9.59 Å². The molecule has 2 heterocycles. The molecule has 2 unspecified atom stereocenters. The maximum atomic E-state index is 12.2. The molecule has 1 aromatic rings. The Morgan fingerprint density at radius 1 is 1.40 bits per heavy atom. The van der Waals surface area contributed by atoms with Gasteiger partial charge in [-0.05, 0) is 30.5 Å². The first-order chi connectivity index (χ1) is 9.65. The second-order valence-electron chi connectivity index (χ2n) is 5.12. The fraction of sp³-hybridized carbons (Fsp3) is 0.400. The van der Waals surface area contributed by atoms with E-state index >= 15 is 0 Å². The third kappa shape index (κ3) is 2.58. The predicted molar refractivity (Wildman–Crippen MR) is 74.3 cm³/mol. The number of carbonyl (C=O) groups is 2. The second-order valence-corrected chi connectivity index (χ2v) is 5.55. The number of carbonyl (C=O) groups excluding carboxylic acids is 2. The molecule has 2 saturated heterocycles. The van der Waals surface area contributed by atoms with Crippen LogP contribution in [-0.4, -0.2) is 41.9 Å². The number of fused-ring (bicyclic) bond motifs is 1. The zero-order chi connectivity index (χ0) is 14.1. The van der Waals surface area contributed by atoms with Crippen LogP contribution >= 0.6 is 11.6 Å². The molecule has 0 bridgehead atoms. The number of ether oxygens (including phenoxy) is 1. The number of nitrogens with zero attached hydrogens (tertiary/aromatic N) is 1. The van der Waals surface area contributed by atoms with E-state index in [0.717, 1.165) is 12.0 Å². The van der Waals surface area contributed by atoms with Crippen molar-refractivity contribution >= 4 is 23.3 Å². The van der Waals surface area contributed by atoms with Gasteiger partial charge in [-0.25, -0.2) is 0 Å². The van der Waals surface area contributed by atoms with E-state index in [0.29, 0.717) is 18.0 Å². The van der Waals surface area contributed by atoms with Gasteiger partial charge in [0, 0.05) is 11.6 Å². The summed E-state index contributed by atoms with van der Waals surface area (Å²) in [5, 5.41) is 0.677. The number of Topliss-reactive ketones (excluding diaryl/α,β-unsaturated/α-hetero) is 1. The number of halogens is 1. The van der Waals surface area contributed by atoms with Gasteiger partial charge in [-0.1, -0.05) is 23.7 Å². The average Bonchev–Trinajstić information content (AvgIpc) is 3.01. The molecule has 2 fully saturated rings. The van der Waals surface area contributed by atoms with Crippen LogP contribution in [0, 0.1) is 6.42 Å². The van der Waals surface area contributed by atoms with Crippen molar-refractivity contribution in [2.45, 2.75) is 25.0 Å². The van der Waals surface area contributed by atoms with Crippen molar-refractivity contribution in [3.8, 4) is 0 Å². The molecule has 0 aliphatic carbocycles. The molecule has 2 atom stereocenters. The normalized spacial score (nSPS) is 25.1. The lowest BCUT2D eigenvalue weighted by atomic mass is 10.1. The van der Waals surface area contributed by atoms with Crippen LogP contribution in [0.15, 0.2) is 24.3 Å². The molecule has 4 nitrogen and oxygen atoms in total. The van der Waals surface area contributed by atoms with Crippen LogP contribution in [0.2, 0.25) is 5.02 Å². The lowest BCUT2D eigenvalue weighted by molar-refractivity contribution is -0.133. The maximum Gasteiger partial charge on any atom is 0.227 e. The Bertz CT molecular complexity index is 528. The zero-order valence-corrected chi connectivity index (χ0v) is 11.7. The number of amides is 1. The van der Waals surface area contributed by atoms with Gasteiger partial charge in [0.25, 0.3) is 0 Å². The number of rotatable bonds is 3. The summed E-state index contributed by atoms with van der Waals surface area (Å²) < 4.78 is 5.37. The van der Waals surface area contributed by atoms with Crippen molar-refractivity contribution < 1.29 is 14.3 Å². The molecule has 1 radical (unpaired) electrons. The smallest absolute Gasteiger partial charge is 0.227 e. The van der Waals surface area contributed by atoms with E-state index in [1.165, 1.54) is 0 Å². The molecule has 5 heteroatoms. The monoisotopic (exact) mass is 292 g/mol. The van der Waals surface area contributed by atoms with Gasteiger partial charge in [-0.15, -0.1) is 0 Å². The first kappa shape index (κ1) is 13.6. The first-order valence-electron chi connectivity index (χ1n) is 6.68. The predicted octanol–water partition coefficient (Wildman–Crippen LogP) is 1.66. The minimum atomic E-state index is -0.371. The van der Waals surface area contributed by atoms with Gasteiger partial charge in [0.15, 0.2) is 5.78 Å². The van der Waals surface area contributed by atoms with Gasteiger partial charge in [0.1, 0.15) is 12.6 Å². The van der Waals surface area contributed by atoms with E-state index in [4.69, 9.17) is 16.3 Å². The molecular weight excluding hydrogens is 278 g/mol. The van der Waals surface area contributed by atoms with E-state index < -0.39 is 0 Å². The third-order valence-electron chi connectivity index (χ3n) is 3.82. The number of benzene rings is 1. The Balaban J connectivity index is 1.59. The fourth-order valence-corrected chi connectivity index (χ4v) is 2.91. The topological polar surface area (TPSA) is 46.6 Å². The van der Waals surface area contributed by atoms with E-state index in [1.54, 1.807) is 23.5 Å². The summed E-state index contributed by atoms with van der Waals surface area (Å²) in [5.41, 5.74) is 1.02. The highest BCUT2D eigenvalue weighted by atomic mass is 35.5. The molecular formula is C15H15ClNO3. The number of hydrogen-bond donors (Lipinski definition) is 0. The van der Waals surface area contributed by atoms with Gasteiger partial charge in [-0.2, -0.15) is 0 Å². The van der Waals surface area contributed by atoms with Crippen molar-refractivity contribution in [3.05, 3.63) is 41.3 Å². The summed E-state index contributed by atoms with van der Waals surface area (Å²) in [4.78, 5) is 25.6. The Morgan fingerprint density at radius 2 is 2.15 bits per heavy atom. The van der Waals surface area contributed by atoms with Gasteiger partial charge < -0.3 is 9.64 Å². The van der Waals surface area contributed by atoms with E-state index in [2.05, 4.69) is 0 Å². The number of likely N-dealkylation sites (tertiary alicyclic amines) is 1. The third-order valence-corrected chi connectivity index (χ3v) is 4.07. The molecule has 3 rings (SSSR count). The summed E-state index contributed by atoms with van der Waals surface area (Å²) in [6.07, 6.45) is 2.81. The Kier molecular flexibility index (Phi) is 3.76. The molecule has 0 spiro atoms. The van der Waals surface area contributed by atoms with Crippen LogP contribution in [0.1, 0.15) is 12.0 Å². The van der Waals surface area contributed by atoms with Crippen molar-refractivity contribution in [3.63, 3.8) is 0 Å². The SMILES string of the molecule is O=C1COC2CCN(C(=O)[CH]Cc3ccc(Cl)cc3)C12. The summed E-state index contributed by atoms with van der Waals surface area (Å²) in [6, 6.07) is 7.01. The van der Waals surface area contributed by atoms with Crippen LogP contribution in [0.5, 0.6) is 0 Å². The highest BCUT2D eigenvalue weighted by Crippen LogP contribution is 2.27. The Hall–Kier alpha value is -1.39. The van der Waals surface area contributed by atoms with Gasteiger partial charge in [0.05, 0.1) is 12.5 Å². The zero-order valence-electron chi connectivity index (χ0n) is 10.9. The van der Waals surface area contributed by atoms with Crippen molar-refractivity contribution in [2.75, 3.05) is 13.2 Å². The van der Waals surface area contributed by atoms with E-state index in [1.807, 2.05) is 12.1 Å². The molecule has 0 N–H and O–H groups in total. The minimum absolute atomic E-state index is 0.0146. The molecule has 105 valence electrons. The van der Waals surface area contributed by atoms with Crippen LogP contribution in [0.25, 0.3) is 0 Å². The lowest BCUT2D eigenvalue weighted by Gasteiger charge is -2.21. The average molecular weight is 293 g/mol. The van der Waals surface area contributed by atoms with Crippen LogP contribution in [0.4, 0.5) is 0 Å². The first-order valence-corrected chi connectivity index (χ1v) is 7.05. The van der Waals surface area contributed by atoms with Crippen molar-refractivity contribution in [2.24, 2.45) is 0 Å². The van der Waals surface area contributed by atoms with Gasteiger partial charge >= 0.3 is 0 Å². The lowest BCUT2D eigenvalue weighted by Crippen LogP contribution is -2.42. The Morgan fingerprint density at radius 3 is 2.90 bits per heavy atom. The maximum absolute atomic E-state index is 12.2. The highest BCUT2D eigenvalue weighted by Gasteiger charge is 2.46. The molecule has 2 aliphatic rings. The largest absolute Gasteiger partial charge is 0.368 e. The van der Waals surface area contributed by atoms with E-state index in [-0.39, 0.29) is 30.4 Å². The summed E-state index contributed by atoms with van der Waals surface area (Å²) in [7, 11) is 0. The quantitative estimate of drug-likeness (QED) is 0.851. The van der Waals surface area contributed by atoms with Crippen molar-refractivity contribution in [1.29, 1.82) is 0 Å². The molecule has 0 aromatic heterocycles. The van der Waals surface area contributed by atoms with Gasteiger partial charge in [0.2, 0.25) is 5.91 Å². The van der Waals surface area contributed by atoms with Crippen LogP contribution in [-0.2, 0) is 20.7 Å². The number of ketones is 1. The van der Waals surface area contributed by atoms with E-state index in [9.17, 15) is 9.59 Å². The summed E-state index contributed by atoms with van der Waals surface area (Å²) in [6.45, 7) is 0.729. The highest BCUT2D eigenvalue weighted by molar-refractivity contribution is 6.30. The standard InChI is InChI=1S/C15H15ClNO3/c16-11-4-1-10(2-5-11)3-6-14(19)17-8-7-13-15(17)12(18)9-20-13/h1-2,4-6,13,15H,3,7-9H2. The second kappa shape index (κ2) is 5.54. The Labute approximate surface area is 122 Å². The molecule has 1 aromatic carbocycles. The van der Waals surface area contributed by atoms with Crippen molar-refractivity contribution in [1.82, 2.24) is 4.90 Å². The summed E-state index contributed by atoms with van der Waals surface area (Å²) >= 11 is 5.82. The molecule has 1 amide bonds. The van der Waals surface area contributed by atoms with Crippen LogP contribution in [0.3, 0.4) is 0 Å². The van der Waals surface area contributed by atoms with Crippen LogP contribution < -0.4 is 0 Å². The molecule has 2 aliphatic heterocycles. The minimum Gasteiger partial charge on any atom is -0.368 e. The summed E-state index contributed by atoms with van der Waals surface area (Å²) in [5.74, 6) is -0.0768.